The normalized spacial score (nSPS) is 20.0. The molecule has 3 heteroatoms. The monoisotopic (exact) mass is 170 g/mol. The molecular weight excluding hydrogens is 154 g/mol. The Morgan fingerprint density at radius 1 is 1.25 bits per heavy atom. The Kier molecular flexibility index (Phi) is 3.91. The second-order valence-electron chi connectivity index (χ2n) is 3.46. The van der Waals surface area contributed by atoms with Crippen molar-refractivity contribution in [3.8, 4) is 0 Å². The standard InChI is InChI=1S/C9H16NO2/c10-9(11)12-7-8-5-3-1-2-4-6-8/h8,10H,1-7H2. The van der Waals surface area contributed by atoms with E-state index in [0.717, 1.165) is 12.8 Å². The van der Waals surface area contributed by atoms with Gasteiger partial charge in [-0.2, -0.15) is 0 Å². The molecule has 1 rings (SSSR count). The van der Waals surface area contributed by atoms with E-state index >= 15 is 0 Å². The molecule has 1 fully saturated rings. The maximum Gasteiger partial charge on any atom is 0.426 e. The van der Waals surface area contributed by atoms with Crippen molar-refractivity contribution in [2.45, 2.75) is 38.5 Å². The van der Waals surface area contributed by atoms with E-state index in [-0.39, 0.29) is 0 Å². The third kappa shape index (κ3) is 3.60. The highest BCUT2D eigenvalue weighted by molar-refractivity contribution is 5.63. The first-order chi connectivity index (χ1) is 5.79. The Bertz CT molecular complexity index is 139. The van der Waals surface area contributed by atoms with Crippen LogP contribution in [0, 0.1) is 5.92 Å². The summed E-state index contributed by atoms with van der Waals surface area (Å²) in [5, 5.41) is 0. The van der Waals surface area contributed by atoms with Gasteiger partial charge in [0.25, 0.3) is 0 Å². The molecule has 0 heterocycles. The van der Waals surface area contributed by atoms with Crippen molar-refractivity contribution in [2.75, 3.05) is 6.61 Å². The molecule has 0 spiro atoms. The molecule has 1 amide bonds. The lowest BCUT2D eigenvalue weighted by Crippen LogP contribution is -2.12. The van der Waals surface area contributed by atoms with Crippen LogP contribution in [-0.2, 0) is 4.74 Å². The van der Waals surface area contributed by atoms with Crippen molar-refractivity contribution in [3.63, 3.8) is 0 Å². The van der Waals surface area contributed by atoms with Crippen LogP contribution in [0.15, 0.2) is 0 Å². The van der Waals surface area contributed by atoms with E-state index in [0.29, 0.717) is 12.5 Å². The van der Waals surface area contributed by atoms with Gasteiger partial charge in [-0.25, -0.2) is 10.5 Å². The van der Waals surface area contributed by atoms with Crippen LogP contribution in [0.25, 0.3) is 0 Å². The molecule has 3 nitrogen and oxygen atoms in total. The predicted octanol–water partition coefficient (Wildman–Crippen LogP) is 2.38. The second kappa shape index (κ2) is 5.01. The van der Waals surface area contributed by atoms with Crippen LogP contribution in [-0.4, -0.2) is 12.7 Å². The molecule has 1 N–H and O–H groups in total. The van der Waals surface area contributed by atoms with Crippen molar-refractivity contribution in [3.05, 3.63) is 0 Å². The fraction of sp³-hybridized carbons (Fsp3) is 0.889. The molecule has 1 saturated carbocycles. The predicted molar refractivity (Wildman–Crippen MR) is 45.6 cm³/mol. The van der Waals surface area contributed by atoms with Crippen LogP contribution in [0.1, 0.15) is 38.5 Å². The summed E-state index contributed by atoms with van der Waals surface area (Å²) in [6.45, 7) is 0.461. The minimum Gasteiger partial charge on any atom is -0.448 e. The highest BCUT2D eigenvalue weighted by Gasteiger charge is 2.13. The third-order valence-corrected chi connectivity index (χ3v) is 2.42. The van der Waals surface area contributed by atoms with E-state index in [1.807, 2.05) is 0 Å². The molecule has 0 saturated heterocycles. The minimum atomic E-state index is -0.890. The molecule has 0 unspecified atom stereocenters. The topological polar surface area (TPSA) is 50.1 Å². The molecule has 0 aromatic carbocycles. The molecule has 1 aliphatic rings. The van der Waals surface area contributed by atoms with Gasteiger partial charge < -0.3 is 4.74 Å². The van der Waals surface area contributed by atoms with Crippen molar-refractivity contribution in [1.82, 2.24) is 5.73 Å². The number of carbonyl (C=O) groups is 1. The van der Waals surface area contributed by atoms with Crippen LogP contribution >= 0.6 is 0 Å². The first-order valence-corrected chi connectivity index (χ1v) is 4.67. The van der Waals surface area contributed by atoms with Gasteiger partial charge in [-0.05, 0) is 18.8 Å². The highest BCUT2D eigenvalue weighted by atomic mass is 16.5. The van der Waals surface area contributed by atoms with Gasteiger partial charge >= 0.3 is 6.09 Å². The summed E-state index contributed by atoms with van der Waals surface area (Å²) in [5.74, 6) is 0.516. The van der Waals surface area contributed by atoms with E-state index in [1.54, 1.807) is 0 Å². The summed E-state index contributed by atoms with van der Waals surface area (Å²) in [6, 6.07) is 0. The van der Waals surface area contributed by atoms with Gasteiger partial charge in [0.1, 0.15) is 0 Å². The Morgan fingerprint density at radius 2 is 1.83 bits per heavy atom. The van der Waals surface area contributed by atoms with Crippen LogP contribution in [0.4, 0.5) is 4.79 Å². The zero-order chi connectivity index (χ0) is 8.81. The van der Waals surface area contributed by atoms with Crippen LogP contribution in [0.5, 0.6) is 0 Å². The van der Waals surface area contributed by atoms with E-state index < -0.39 is 6.09 Å². The summed E-state index contributed by atoms with van der Waals surface area (Å²) in [4.78, 5) is 10.2. The van der Waals surface area contributed by atoms with Crippen molar-refractivity contribution >= 4 is 6.09 Å². The average molecular weight is 170 g/mol. The summed E-state index contributed by atoms with van der Waals surface area (Å²) >= 11 is 0. The second-order valence-corrected chi connectivity index (χ2v) is 3.46. The van der Waals surface area contributed by atoms with Gasteiger partial charge in [0.05, 0.1) is 6.61 Å². The lowest BCUT2D eigenvalue weighted by Gasteiger charge is -2.11. The molecule has 69 valence electrons. The van der Waals surface area contributed by atoms with E-state index in [1.165, 1.54) is 25.7 Å². The summed E-state index contributed by atoms with van der Waals surface area (Å²) in [6.07, 6.45) is 6.55. The van der Waals surface area contributed by atoms with Gasteiger partial charge in [0, 0.05) is 0 Å². The largest absolute Gasteiger partial charge is 0.448 e. The molecule has 1 radical (unpaired) electrons. The number of hydrogen-bond acceptors (Lipinski definition) is 2. The smallest absolute Gasteiger partial charge is 0.426 e. The molecule has 0 aliphatic heterocycles. The zero-order valence-corrected chi connectivity index (χ0v) is 7.34. The maximum absolute atomic E-state index is 10.2. The van der Waals surface area contributed by atoms with Crippen LogP contribution < -0.4 is 5.73 Å². The molecule has 12 heavy (non-hydrogen) atoms. The van der Waals surface area contributed by atoms with Crippen LogP contribution in [0.2, 0.25) is 0 Å². The van der Waals surface area contributed by atoms with Crippen molar-refractivity contribution < 1.29 is 9.53 Å². The first kappa shape index (κ1) is 9.36. The molecule has 0 aromatic rings. The zero-order valence-electron chi connectivity index (χ0n) is 7.34. The Hall–Kier alpha value is -0.730. The lowest BCUT2D eigenvalue weighted by atomic mass is 10.0. The molecule has 0 aromatic heterocycles. The quantitative estimate of drug-likeness (QED) is 0.597. The van der Waals surface area contributed by atoms with Crippen LogP contribution in [0.3, 0.4) is 0 Å². The third-order valence-electron chi connectivity index (χ3n) is 2.42. The summed E-state index contributed by atoms with van der Waals surface area (Å²) in [5.41, 5.74) is 6.59. The van der Waals surface area contributed by atoms with Crippen molar-refractivity contribution in [2.24, 2.45) is 5.92 Å². The minimum absolute atomic E-state index is 0.461. The summed E-state index contributed by atoms with van der Waals surface area (Å²) < 4.78 is 4.66. The number of rotatable bonds is 2. The van der Waals surface area contributed by atoms with Crippen molar-refractivity contribution in [1.29, 1.82) is 0 Å². The van der Waals surface area contributed by atoms with E-state index in [9.17, 15) is 4.79 Å². The average Bonchev–Trinajstić information content (AvgIpc) is 2.28. The fourth-order valence-electron chi connectivity index (χ4n) is 1.72. The molecule has 1 aliphatic carbocycles. The first-order valence-electron chi connectivity index (χ1n) is 4.67. The Morgan fingerprint density at radius 3 is 2.33 bits per heavy atom. The maximum atomic E-state index is 10.2. The van der Waals surface area contributed by atoms with Gasteiger partial charge in [0.2, 0.25) is 0 Å². The SMILES string of the molecule is [NH]C(=O)OCC1CCCCCC1. The Labute approximate surface area is 73.3 Å². The van der Waals surface area contributed by atoms with Gasteiger partial charge in [-0.15, -0.1) is 0 Å². The van der Waals surface area contributed by atoms with Gasteiger partial charge in [-0.3, -0.25) is 0 Å². The summed E-state index contributed by atoms with van der Waals surface area (Å²) in [7, 11) is 0. The number of amides is 1. The number of carbonyl (C=O) groups excluding carboxylic acids is 1. The fourth-order valence-corrected chi connectivity index (χ4v) is 1.72. The van der Waals surface area contributed by atoms with Gasteiger partial charge in [0.15, 0.2) is 0 Å². The highest BCUT2D eigenvalue weighted by Crippen LogP contribution is 2.22. The molecule has 0 atom stereocenters. The molecular formula is C9H16NO2. The van der Waals surface area contributed by atoms with Gasteiger partial charge in [-0.1, -0.05) is 25.7 Å². The molecule has 0 bridgehead atoms. The number of nitrogens with one attached hydrogen (secondary N) is 1. The van der Waals surface area contributed by atoms with E-state index in [4.69, 9.17) is 5.73 Å². The number of ether oxygens (including phenoxy) is 1. The number of hydrogen-bond donors (Lipinski definition) is 0. The van der Waals surface area contributed by atoms with E-state index in [2.05, 4.69) is 4.74 Å². The Balaban J connectivity index is 2.16. The lowest BCUT2D eigenvalue weighted by molar-refractivity contribution is 0.130.